The summed E-state index contributed by atoms with van der Waals surface area (Å²) in [4.78, 5) is 21.2. The Hall–Kier alpha value is -0.900. The summed E-state index contributed by atoms with van der Waals surface area (Å²) in [5.74, 6) is -0.642. The highest BCUT2D eigenvalue weighted by molar-refractivity contribution is 5.94. The fourth-order valence-corrected chi connectivity index (χ4v) is 0.831. The van der Waals surface area contributed by atoms with E-state index in [-0.39, 0.29) is 18.8 Å². The van der Waals surface area contributed by atoms with E-state index in [0.29, 0.717) is 6.61 Å². The zero-order valence-electron chi connectivity index (χ0n) is 7.91. The molecule has 0 aliphatic rings. The van der Waals surface area contributed by atoms with Crippen LogP contribution < -0.4 is 0 Å². The fourth-order valence-electron chi connectivity index (χ4n) is 0.831. The Labute approximate surface area is 77.9 Å². The Morgan fingerprint density at radius 2 is 1.92 bits per heavy atom. The molecule has 4 nitrogen and oxygen atoms in total. The second kappa shape index (κ2) is 7.73. The highest BCUT2D eigenvalue weighted by atomic mass is 16.5. The quantitative estimate of drug-likeness (QED) is 0.362. The van der Waals surface area contributed by atoms with Gasteiger partial charge in [-0.2, -0.15) is 0 Å². The van der Waals surface area contributed by atoms with Crippen molar-refractivity contribution in [2.24, 2.45) is 0 Å². The SMILES string of the molecule is CC(=O)CC(=O)OCCCCCO. The van der Waals surface area contributed by atoms with Crippen molar-refractivity contribution in [3.63, 3.8) is 0 Å². The van der Waals surface area contributed by atoms with E-state index in [0.717, 1.165) is 19.3 Å². The van der Waals surface area contributed by atoms with Gasteiger partial charge in [-0.05, 0) is 26.2 Å². The number of unbranched alkanes of at least 4 members (excludes halogenated alkanes) is 2. The van der Waals surface area contributed by atoms with Gasteiger partial charge in [0.05, 0.1) is 6.61 Å². The largest absolute Gasteiger partial charge is 0.465 e. The van der Waals surface area contributed by atoms with E-state index in [2.05, 4.69) is 0 Å². The topological polar surface area (TPSA) is 63.6 Å². The molecule has 0 aromatic carbocycles. The molecule has 1 N–H and O–H groups in total. The molecule has 0 aromatic heterocycles. The Kier molecular flexibility index (Phi) is 7.20. The molecule has 0 unspecified atom stereocenters. The molecule has 0 radical (unpaired) electrons. The summed E-state index contributed by atoms with van der Waals surface area (Å²) in [7, 11) is 0. The molecule has 0 spiro atoms. The predicted molar refractivity (Wildman–Crippen MR) is 47.2 cm³/mol. The highest BCUT2D eigenvalue weighted by Crippen LogP contribution is 1.96. The first-order valence-corrected chi connectivity index (χ1v) is 4.42. The van der Waals surface area contributed by atoms with Crippen molar-refractivity contribution in [3.05, 3.63) is 0 Å². The number of Topliss-reactive ketones (excluding diaryl/α,β-unsaturated/α-hetero) is 1. The maximum Gasteiger partial charge on any atom is 0.313 e. The van der Waals surface area contributed by atoms with Crippen molar-refractivity contribution in [2.75, 3.05) is 13.2 Å². The van der Waals surface area contributed by atoms with Crippen molar-refractivity contribution < 1.29 is 19.4 Å². The molecule has 0 atom stereocenters. The minimum absolute atomic E-state index is 0.139. The molecule has 0 rings (SSSR count). The lowest BCUT2D eigenvalue weighted by atomic mass is 10.2. The van der Waals surface area contributed by atoms with Gasteiger partial charge in [0.2, 0.25) is 0 Å². The maximum absolute atomic E-state index is 10.8. The van der Waals surface area contributed by atoms with Crippen LogP contribution in [0.4, 0.5) is 0 Å². The number of carbonyl (C=O) groups excluding carboxylic acids is 2. The third-order valence-corrected chi connectivity index (χ3v) is 1.46. The van der Waals surface area contributed by atoms with E-state index >= 15 is 0 Å². The highest BCUT2D eigenvalue weighted by Gasteiger charge is 2.05. The zero-order valence-corrected chi connectivity index (χ0v) is 7.91. The number of hydrogen-bond donors (Lipinski definition) is 1. The third-order valence-electron chi connectivity index (χ3n) is 1.46. The molecule has 0 aliphatic carbocycles. The minimum atomic E-state index is -0.462. The number of aliphatic hydroxyl groups excluding tert-OH is 1. The van der Waals surface area contributed by atoms with Gasteiger partial charge in [0.1, 0.15) is 12.2 Å². The first-order chi connectivity index (χ1) is 6.16. The summed E-state index contributed by atoms with van der Waals surface area (Å²) in [5, 5.41) is 8.44. The van der Waals surface area contributed by atoms with Crippen LogP contribution in [0.2, 0.25) is 0 Å². The number of aliphatic hydroxyl groups is 1. The maximum atomic E-state index is 10.8. The van der Waals surface area contributed by atoms with E-state index in [1.807, 2.05) is 0 Å². The monoisotopic (exact) mass is 188 g/mol. The van der Waals surface area contributed by atoms with Crippen LogP contribution in [0.25, 0.3) is 0 Å². The third kappa shape index (κ3) is 9.01. The van der Waals surface area contributed by atoms with E-state index < -0.39 is 5.97 Å². The number of esters is 1. The van der Waals surface area contributed by atoms with E-state index in [9.17, 15) is 9.59 Å². The summed E-state index contributed by atoms with van der Waals surface area (Å²) < 4.78 is 4.76. The number of ketones is 1. The summed E-state index contributed by atoms with van der Waals surface area (Å²) in [5.41, 5.74) is 0. The van der Waals surface area contributed by atoms with Crippen LogP contribution in [0.5, 0.6) is 0 Å². The fraction of sp³-hybridized carbons (Fsp3) is 0.778. The predicted octanol–water partition coefficient (Wildman–Crippen LogP) is 0.671. The van der Waals surface area contributed by atoms with Gasteiger partial charge in [-0.25, -0.2) is 0 Å². The molecule has 0 bridgehead atoms. The Bertz CT molecular complexity index is 165. The van der Waals surface area contributed by atoms with Crippen LogP contribution in [0.1, 0.15) is 32.6 Å². The second-order valence-corrected chi connectivity index (χ2v) is 2.88. The molecule has 0 amide bonds. The first-order valence-electron chi connectivity index (χ1n) is 4.42. The van der Waals surface area contributed by atoms with E-state index in [1.165, 1.54) is 6.92 Å². The van der Waals surface area contributed by atoms with Crippen LogP contribution in [0, 0.1) is 0 Å². The van der Waals surface area contributed by atoms with Crippen molar-refractivity contribution in [3.8, 4) is 0 Å². The normalized spacial score (nSPS) is 9.69. The van der Waals surface area contributed by atoms with Crippen LogP contribution in [0.15, 0.2) is 0 Å². The van der Waals surface area contributed by atoms with Gasteiger partial charge in [0, 0.05) is 6.61 Å². The summed E-state index contributed by atoms with van der Waals surface area (Å²) in [6.45, 7) is 1.86. The average molecular weight is 188 g/mol. The van der Waals surface area contributed by atoms with Gasteiger partial charge in [0.25, 0.3) is 0 Å². The number of hydrogen-bond acceptors (Lipinski definition) is 4. The number of carbonyl (C=O) groups is 2. The van der Waals surface area contributed by atoms with Crippen LogP contribution >= 0.6 is 0 Å². The molecule has 0 saturated carbocycles. The molecule has 0 aliphatic heterocycles. The average Bonchev–Trinajstić information content (AvgIpc) is 2.02. The zero-order chi connectivity index (χ0) is 10.1. The van der Waals surface area contributed by atoms with E-state index in [4.69, 9.17) is 9.84 Å². The van der Waals surface area contributed by atoms with Gasteiger partial charge < -0.3 is 9.84 Å². The molecular formula is C9H16O4. The van der Waals surface area contributed by atoms with Gasteiger partial charge in [-0.1, -0.05) is 0 Å². The Balaban J connectivity index is 3.22. The van der Waals surface area contributed by atoms with Crippen molar-refractivity contribution in [1.29, 1.82) is 0 Å². The van der Waals surface area contributed by atoms with E-state index in [1.54, 1.807) is 0 Å². The van der Waals surface area contributed by atoms with Gasteiger partial charge in [-0.3, -0.25) is 9.59 Å². The van der Waals surface area contributed by atoms with Crippen LogP contribution in [-0.4, -0.2) is 30.1 Å². The lowest BCUT2D eigenvalue weighted by Crippen LogP contribution is -2.09. The van der Waals surface area contributed by atoms with Crippen molar-refractivity contribution >= 4 is 11.8 Å². The minimum Gasteiger partial charge on any atom is -0.465 e. The second-order valence-electron chi connectivity index (χ2n) is 2.88. The van der Waals surface area contributed by atoms with Gasteiger partial charge >= 0.3 is 5.97 Å². The van der Waals surface area contributed by atoms with Crippen LogP contribution in [-0.2, 0) is 14.3 Å². The summed E-state index contributed by atoms with van der Waals surface area (Å²) in [6, 6.07) is 0. The Morgan fingerprint density at radius 1 is 1.23 bits per heavy atom. The molecule has 0 aromatic rings. The molecule has 0 fully saturated rings. The smallest absolute Gasteiger partial charge is 0.313 e. The molecule has 0 saturated heterocycles. The number of rotatable bonds is 7. The van der Waals surface area contributed by atoms with Crippen LogP contribution in [0.3, 0.4) is 0 Å². The molecular weight excluding hydrogens is 172 g/mol. The van der Waals surface area contributed by atoms with Gasteiger partial charge in [-0.15, -0.1) is 0 Å². The Morgan fingerprint density at radius 3 is 2.46 bits per heavy atom. The molecule has 4 heteroatoms. The van der Waals surface area contributed by atoms with Crippen molar-refractivity contribution in [1.82, 2.24) is 0 Å². The standard InChI is InChI=1S/C9H16O4/c1-8(11)7-9(12)13-6-4-2-3-5-10/h10H,2-7H2,1H3. The molecule has 0 heterocycles. The number of ether oxygens (including phenoxy) is 1. The first kappa shape index (κ1) is 12.1. The molecule has 13 heavy (non-hydrogen) atoms. The lowest BCUT2D eigenvalue weighted by Gasteiger charge is -2.02. The van der Waals surface area contributed by atoms with Gasteiger partial charge in [0.15, 0.2) is 0 Å². The molecule has 76 valence electrons. The van der Waals surface area contributed by atoms with Crippen molar-refractivity contribution in [2.45, 2.75) is 32.6 Å². The summed E-state index contributed by atoms with van der Waals surface area (Å²) in [6.07, 6.45) is 2.16. The summed E-state index contributed by atoms with van der Waals surface area (Å²) >= 11 is 0. The lowest BCUT2D eigenvalue weighted by molar-refractivity contribution is -0.145.